The van der Waals surface area contributed by atoms with Crippen LogP contribution < -0.4 is 69.3 Å². The van der Waals surface area contributed by atoms with Crippen LogP contribution in [-0.2, 0) is 46.5 Å². The van der Waals surface area contributed by atoms with E-state index >= 15 is 0 Å². The summed E-state index contributed by atoms with van der Waals surface area (Å²) in [6.07, 6.45) is 0. The fourth-order valence-electron chi connectivity index (χ4n) is 1.46. The van der Waals surface area contributed by atoms with Crippen LogP contribution in [0.2, 0.25) is 0 Å². The Hall–Kier alpha value is 0.682. The van der Waals surface area contributed by atoms with E-state index in [4.69, 9.17) is 10.2 Å². The fourth-order valence-corrected chi connectivity index (χ4v) is 1.46. The maximum absolute atomic E-state index is 10.5. The van der Waals surface area contributed by atoms with E-state index in [1.54, 1.807) is 0 Å². The molecule has 0 spiro atoms. The van der Waals surface area contributed by atoms with Crippen LogP contribution in [0.4, 0.5) is 0 Å². The maximum Gasteiger partial charge on any atom is 1.00 e. The van der Waals surface area contributed by atoms with E-state index in [1.807, 2.05) is 0 Å². The van der Waals surface area contributed by atoms with E-state index in [0.717, 1.165) is 9.80 Å². The second kappa shape index (κ2) is 20.0. The molecule has 0 aromatic carbocycles. The number of carboxylic acids is 4. The normalized spacial score (nSPS) is 8.92. The van der Waals surface area contributed by atoms with Crippen molar-refractivity contribution in [2.75, 3.05) is 39.3 Å². The summed E-state index contributed by atoms with van der Waals surface area (Å²) >= 11 is 0. The zero-order valence-electron chi connectivity index (χ0n) is 13.7. The molecular formula is C10H16CdN2Na2O9. The molecule has 0 aliphatic heterocycles. The minimum atomic E-state index is -1.51. The molecule has 4 N–H and O–H groups in total. The van der Waals surface area contributed by atoms with Gasteiger partial charge in [0.25, 0.3) is 0 Å². The molecule has 0 rings (SSSR count). The predicted octanol–water partition coefficient (Wildman–Crippen LogP) is -11.6. The van der Waals surface area contributed by atoms with Crippen LogP contribution in [0, 0.1) is 0 Å². The number of nitrogens with zero attached hydrogens (tertiary/aromatic N) is 2. The van der Waals surface area contributed by atoms with Crippen LogP contribution in [0.5, 0.6) is 0 Å². The maximum atomic E-state index is 10.5. The molecule has 0 amide bonds. The van der Waals surface area contributed by atoms with Crippen molar-refractivity contribution in [3.8, 4) is 0 Å². The SMILES string of the molecule is O.O=C([O-])CN(CCN(CC(=O)O)CC(=O)O)CC(=O)[O-].[Cd].[Na+].[Na+]. The second-order valence-electron chi connectivity index (χ2n) is 3.95. The van der Waals surface area contributed by atoms with Gasteiger partial charge >= 0.3 is 71.1 Å². The Labute approximate surface area is 202 Å². The van der Waals surface area contributed by atoms with Gasteiger partial charge in [0.05, 0.1) is 25.0 Å². The molecule has 0 heterocycles. The quantitative estimate of drug-likeness (QED) is 0.276. The molecule has 0 fully saturated rings. The summed E-state index contributed by atoms with van der Waals surface area (Å²) in [4.78, 5) is 43.9. The molecule has 0 radical (unpaired) electrons. The van der Waals surface area contributed by atoms with E-state index < -0.39 is 50.1 Å². The first-order valence-corrected chi connectivity index (χ1v) is 5.48. The van der Waals surface area contributed by atoms with E-state index in [0.29, 0.717) is 0 Å². The molecule has 11 nitrogen and oxygen atoms in total. The van der Waals surface area contributed by atoms with E-state index in [9.17, 15) is 29.4 Å². The summed E-state index contributed by atoms with van der Waals surface area (Å²) in [5, 5.41) is 38.0. The molecule has 0 aliphatic rings. The molecule has 0 saturated carbocycles. The number of carboxylic acid groups (broad SMARTS) is 4. The van der Waals surface area contributed by atoms with Crippen molar-refractivity contribution in [2.24, 2.45) is 0 Å². The van der Waals surface area contributed by atoms with Gasteiger partial charge < -0.3 is 35.5 Å². The van der Waals surface area contributed by atoms with Crippen LogP contribution in [-0.4, -0.2) is 88.6 Å². The first-order chi connectivity index (χ1) is 9.20. The average Bonchev–Trinajstić information content (AvgIpc) is 2.22. The van der Waals surface area contributed by atoms with Crippen LogP contribution in [0.1, 0.15) is 0 Å². The number of hydrogen-bond donors (Lipinski definition) is 2. The van der Waals surface area contributed by atoms with Gasteiger partial charge in [0.15, 0.2) is 0 Å². The van der Waals surface area contributed by atoms with E-state index in [-0.39, 0.29) is 105 Å². The number of rotatable bonds is 11. The van der Waals surface area contributed by atoms with Crippen molar-refractivity contribution >= 4 is 23.9 Å². The number of carbonyl (C=O) groups excluding carboxylic acids is 2. The Morgan fingerprint density at radius 3 is 1.17 bits per heavy atom. The molecule has 0 unspecified atom stereocenters. The third-order valence-electron chi connectivity index (χ3n) is 2.16. The number of carbonyl (C=O) groups is 4. The van der Waals surface area contributed by atoms with Gasteiger partial charge in [-0.1, -0.05) is 0 Å². The molecule has 124 valence electrons. The van der Waals surface area contributed by atoms with E-state index in [1.165, 1.54) is 0 Å². The minimum Gasteiger partial charge on any atom is -0.549 e. The Bertz CT molecular complexity index is 333. The third kappa shape index (κ3) is 22.7. The van der Waals surface area contributed by atoms with Gasteiger partial charge in [-0.15, -0.1) is 0 Å². The van der Waals surface area contributed by atoms with Crippen molar-refractivity contribution in [1.29, 1.82) is 0 Å². The van der Waals surface area contributed by atoms with Crippen LogP contribution in [0.15, 0.2) is 0 Å². The van der Waals surface area contributed by atoms with Gasteiger partial charge in [-0.3, -0.25) is 19.4 Å². The van der Waals surface area contributed by atoms with Crippen LogP contribution >= 0.6 is 0 Å². The van der Waals surface area contributed by atoms with Gasteiger partial charge in [-0.05, 0) is 0 Å². The topological polar surface area (TPSA) is 193 Å². The van der Waals surface area contributed by atoms with Crippen molar-refractivity contribution < 1.29 is 131 Å². The summed E-state index contributed by atoms with van der Waals surface area (Å²) < 4.78 is 0. The van der Waals surface area contributed by atoms with Crippen molar-refractivity contribution in [3.63, 3.8) is 0 Å². The molecule has 0 aliphatic carbocycles. The molecule has 24 heavy (non-hydrogen) atoms. The summed E-state index contributed by atoms with van der Waals surface area (Å²) in [5.74, 6) is -5.52. The predicted molar refractivity (Wildman–Crippen MR) is 61.8 cm³/mol. The van der Waals surface area contributed by atoms with Crippen LogP contribution in [0.3, 0.4) is 0 Å². The molecule has 0 saturated heterocycles. The van der Waals surface area contributed by atoms with Crippen molar-refractivity contribution in [2.45, 2.75) is 0 Å². The standard InChI is InChI=1S/C10H16N2O8.Cd.2Na.H2O/c13-7(14)3-11(4-8(15)16)1-2-12(5-9(17)18)6-10(19)20;;;;/h1-6H2,(H,13,14)(H,15,16)(H,17,18)(H,19,20);;;;1H2/q;;2*+1;/p-2. The zero-order valence-corrected chi connectivity index (χ0v) is 21.7. The summed E-state index contributed by atoms with van der Waals surface area (Å²) in [6.45, 7) is -2.75. The van der Waals surface area contributed by atoms with E-state index in [2.05, 4.69) is 0 Å². The zero-order chi connectivity index (χ0) is 15.7. The Balaban J connectivity index is -0.000000301. The first kappa shape index (κ1) is 35.7. The smallest absolute Gasteiger partial charge is 0.549 e. The molecule has 0 aromatic rings. The molecule has 14 heteroatoms. The van der Waals surface area contributed by atoms with Crippen molar-refractivity contribution in [1.82, 2.24) is 9.80 Å². The van der Waals surface area contributed by atoms with Gasteiger partial charge in [0.1, 0.15) is 0 Å². The number of aliphatic carboxylic acids is 4. The Morgan fingerprint density at radius 1 is 0.708 bits per heavy atom. The second-order valence-corrected chi connectivity index (χ2v) is 3.95. The third-order valence-corrected chi connectivity index (χ3v) is 2.16. The Kier molecular flexibility index (Phi) is 29.8. The minimum absolute atomic E-state index is 0. The van der Waals surface area contributed by atoms with Crippen LogP contribution in [0.25, 0.3) is 0 Å². The van der Waals surface area contributed by atoms with Gasteiger partial charge in [-0.2, -0.15) is 0 Å². The average molecular weight is 467 g/mol. The largest absolute Gasteiger partial charge is 1.00 e. The van der Waals surface area contributed by atoms with Gasteiger partial charge in [0, 0.05) is 53.5 Å². The Morgan fingerprint density at radius 2 is 0.958 bits per heavy atom. The van der Waals surface area contributed by atoms with Gasteiger partial charge in [-0.25, -0.2) is 0 Å². The molecule has 0 bridgehead atoms. The summed E-state index contributed by atoms with van der Waals surface area (Å²) in [7, 11) is 0. The summed E-state index contributed by atoms with van der Waals surface area (Å²) in [6, 6.07) is 0. The molecule has 0 aromatic heterocycles. The number of hydrogen-bond acceptors (Lipinski definition) is 8. The first-order valence-electron chi connectivity index (χ1n) is 5.48. The fraction of sp³-hybridized carbons (Fsp3) is 0.600. The monoisotopic (exact) mass is 468 g/mol. The van der Waals surface area contributed by atoms with Crippen molar-refractivity contribution in [3.05, 3.63) is 0 Å². The summed E-state index contributed by atoms with van der Waals surface area (Å²) in [5.41, 5.74) is 0. The molecule has 0 atom stereocenters. The van der Waals surface area contributed by atoms with Gasteiger partial charge in [0.2, 0.25) is 0 Å². The molecular weight excluding hydrogens is 451 g/mol.